The van der Waals surface area contributed by atoms with Crippen LogP contribution in [-0.2, 0) is 25.4 Å². The molecule has 2 bridgehead atoms. The molecular formula is C30H44FN3O8. The Hall–Kier alpha value is -3.61. The number of carbonyl (C=O) groups is 2. The van der Waals surface area contributed by atoms with Crippen LogP contribution in [0.25, 0.3) is 0 Å². The molecule has 234 valence electrons. The number of halogens is 1. The molecular weight excluding hydrogens is 549 g/mol. The van der Waals surface area contributed by atoms with E-state index in [1.54, 1.807) is 39.0 Å². The van der Waals surface area contributed by atoms with Crippen LogP contribution >= 0.6 is 0 Å². The van der Waals surface area contributed by atoms with Crippen LogP contribution < -0.4 is 16.4 Å². The lowest BCUT2D eigenvalue weighted by molar-refractivity contribution is -0.112. The first-order valence-electron chi connectivity index (χ1n) is 13.8. The molecule has 12 heteroatoms. The lowest BCUT2D eigenvalue weighted by Gasteiger charge is -2.29. The molecule has 1 aromatic carbocycles. The number of hydrogen-bond donors (Lipinski definition) is 6. The molecule has 6 unspecified atom stereocenters. The number of phenolic OH excluding ortho intramolecular Hbond substituents is 2. The summed E-state index contributed by atoms with van der Waals surface area (Å²) in [5.74, 6) is -1.76. The molecule has 0 radical (unpaired) electrons. The van der Waals surface area contributed by atoms with Gasteiger partial charge in [0, 0.05) is 43.9 Å². The number of phenols is 2. The number of hydrogen-bond acceptors (Lipinski definition) is 9. The summed E-state index contributed by atoms with van der Waals surface area (Å²) in [5, 5.41) is 38.6. The minimum absolute atomic E-state index is 0.0263. The van der Waals surface area contributed by atoms with Crippen LogP contribution in [0.1, 0.15) is 39.7 Å². The van der Waals surface area contributed by atoms with Crippen LogP contribution in [0.4, 0.5) is 20.6 Å². The first kappa shape index (κ1) is 34.6. The number of ether oxygens (including phenoxy) is 3. The first-order valence-corrected chi connectivity index (χ1v) is 13.8. The van der Waals surface area contributed by atoms with E-state index in [1.165, 1.54) is 26.4 Å². The molecule has 6 atom stereocenters. The number of anilines is 2. The lowest BCUT2D eigenvalue weighted by atomic mass is 9.87. The summed E-state index contributed by atoms with van der Waals surface area (Å²) in [5.41, 5.74) is 6.59. The monoisotopic (exact) mass is 593 g/mol. The molecule has 7 N–H and O–H groups in total. The Labute approximate surface area is 246 Å². The highest BCUT2D eigenvalue weighted by molar-refractivity contribution is 6.04. The fourth-order valence-electron chi connectivity index (χ4n) is 4.98. The summed E-state index contributed by atoms with van der Waals surface area (Å²) in [6.07, 6.45) is 2.64. The molecule has 1 heterocycles. The molecule has 0 saturated heterocycles. The molecule has 0 saturated carbocycles. The second-order valence-electron chi connectivity index (χ2n) is 10.6. The van der Waals surface area contributed by atoms with Crippen molar-refractivity contribution < 1.29 is 43.5 Å². The Morgan fingerprint density at radius 2 is 1.90 bits per heavy atom. The smallest absolute Gasteiger partial charge is 0.405 e. The zero-order valence-corrected chi connectivity index (χ0v) is 25.0. The molecule has 0 aliphatic carbocycles. The van der Waals surface area contributed by atoms with Gasteiger partial charge in [0.05, 0.1) is 23.6 Å². The van der Waals surface area contributed by atoms with E-state index in [1.807, 2.05) is 6.92 Å². The van der Waals surface area contributed by atoms with Gasteiger partial charge in [-0.2, -0.15) is 0 Å². The number of methoxy groups -OCH3 is 2. The number of benzene rings is 1. The van der Waals surface area contributed by atoms with E-state index in [-0.39, 0.29) is 52.9 Å². The van der Waals surface area contributed by atoms with E-state index in [4.69, 9.17) is 19.9 Å². The number of nitrogens with one attached hydrogen (secondary N) is 2. The molecule has 0 spiro atoms. The number of carbonyl (C=O) groups excluding carboxylic acids is 2. The summed E-state index contributed by atoms with van der Waals surface area (Å²) in [6.45, 7) is 6.15. The predicted octanol–water partition coefficient (Wildman–Crippen LogP) is 3.94. The van der Waals surface area contributed by atoms with Gasteiger partial charge in [0.1, 0.15) is 24.3 Å². The molecule has 0 fully saturated rings. The average molecular weight is 594 g/mol. The van der Waals surface area contributed by atoms with E-state index < -0.39 is 49.0 Å². The Morgan fingerprint density at radius 1 is 1.21 bits per heavy atom. The highest BCUT2D eigenvalue weighted by atomic mass is 19.1. The molecule has 2 amide bonds. The third kappa shape index (κ3) is 9.20. The fraction of sp³-hybridized carbons (Fsp3) is 0.533. The maximum absolute atomic E-state index is 13.0. The number of amides is 2. The summed E-state index contributed by atoms with van der Waals surface area (Å²) in [4.78, 5) is 24.7. The third-order valence-electron chi connectivity index (χ3n) is 7.23. The van der Waals surface area contributed by atoms with Crippen LogP contribution in [-0.4, -0.2) is 79.2 Å². The second-order valence-corrected chi connectivity index (χ2v) is 10.6. The predicted molar refractivity (Wildman–Crippen MR) is 158 cm³/mol. The molecule has 1 aliphatic heterocycles. The van der Waals surface area contributed by atoms with Crippen LogP contribution in [0.5, 0.6) is 11.5 Å². The van der Waals surface area contributed by atoms with Gasteiger partial charge < -0.3 is 45.9 Å². The van der Waals surface area contributed by atoms with Crippen molar-refractivity contribution in [2.45, 2.75) is 65.0 Å². The first-order chi connectivity index (χ1) is 19.8. The Balaban J connectivity index is 2.66. The van der Waals surface area contributed by atoms with Gasteiger partial charge in [-0.05, 0) is 38.2 Å². The highest BCUT2D eigenvalue weighted by Gasteiger charge is 2.30. The number of aromatic hydroxyl groups is 2. The number of aliphatic hydroxyl groups excluding tert-OH is 1. The van der Waals surface area contributed by atoms with E-state index in [2.05, 4.69) is 10.6 Å². The maximum Gasteiger partial charge on any atom is 0.405 e. The molecule has 1 aromatic rings. The normalized spacial score (nSPS) is 26.1. The Bertz CT molecular complexity index is 1190. The minimum atomic E-state index is -1.00. The van der Waals surface area contributed by atoms with Crippen molar-refractivity contribution in [3.63, 3.8) is 0 Å². The van der Waals surface area contributed by atoms with E-state index in [0.717, 1.165) is 0 Å². The Morgan fingerprint density at radius 3 is 2.50 bits per heavy atom. The topological polar surface area (TPSA) is 173 Å². The SMILES string of the molecule is COC1C=CC=C(C)C(=O)Nc2cc(O)c(NCCF)c(c2O)CC(C)CC(OC)C(O)C(C)C=C(C)C1OC(N)=O. The molecule has 1 aliphatic rings. The van der Waals surface area contributed by atoms with Crippen LogP contribution in [0.15, 0.2) is 41.5 Å². The van der Waals surface area contributed by atoms with Crippen molar-refractivity contribution in [1.29, 1.82) is 0 Å². The standard InChI is InChI=1S/C30H44FN3O8/c1-16-12-20-25(33-11-10-31)22(35)15-21(27(20)37)34-29(38)17(2)8-7-9-23(40-5)28(42-30(32)39)19(4)14-18(3)26(36)24(13-16)41-6/h7-9,14-16,18,23-24,26,28,33,35-37H,10-13H2,1-6H3,(H2,32,39)(H,34,38). The van der Waals surface area contributed by atoms with Crippen LogP contribution in [0, 0.1) is 11.8 Å². The maximum atomic E-state index is 13.0. The van der Waals surface area contributed by atoms with Gasteiger partial charge in [0.25, 0.3) is 5.91 Å². The van der Waals surface area contributed by atoms with Crippen molar-refractivity contribution in [3.05, 3.63) is 47.1 Å². The number of allylic oxidation sites excluding steroid dienone is 2. The lowest BCUT2D eigenvalue weighted by Crippen LogP contribution is -2.37. The van der Waals surface area contributed by atoms with Gasteiger partial charge in [-0.1, -0.05) is 38.2 Å². The summed E-state index contributed by atoms with van der Waals surface area (Å²) in [7, 11) is 2.91. The second kappa shape index (κ2) is 16.1. The number of aliphatic hydroxyl groups is 1. The average Bonchev–Trinajstić information content (AvgIpc) is 2.94. The summed E-state index contributed by atoms with van der Waals surface area (Å²) in [6, 6.07) is 1.19. The van der Waals surface area contributed by atoms with Crippen LogP contribution in [0.3, 0.4) is 0 Å². The van der Waals surface area contributed by atoms with Crippen molar-refractivity contribution in [1.82, 2.24) is 0 Å². The zero-order chi connectivity index (χ0) is 31.6. The summed E-state index contributed by atoms with van der Waals surface area (Å²) >= 11 is 0. The van der Waals surface area contributed by atoms with E-state index in [9.17, 15) is 29.3 Å². The summed E-state index contributed by atoms with van der Waals surface area (Å²) < 4.78 is 29.5. The van der Waals surface area contributed by atoms with Gasteiger partial charge in [0.2, 0.25) is 0 Å². The fourth-order valence-corrected chi connectivity index (χ4v) is 4.98. The van der Waals surface area contributed by atoms with E-state index >= 15 is 0 Å². The van der Waals surface area contributed by atoms with Crippen molar-refractivity contribution >= 4 is 23.4 Å². The number of primary amides is 1. The molecule has 42 heavy (non-hydrogen) atoms. The zero-order valence-electron chi connectivity index (χ0n) is 25.0. The van der Waals surface area contributed by atoms with Gasteiger partial charge >= 0.3 is 6.09 Å². The van der Waals surface area contributed by atoms with Crippen molar-refractivity contribution in [2.75, 3.05) is 38.1 Å². The van der Waals surface area contributed by atoms with Crippen LogP contribution in [0.2, 0.25) is 0 Å². The van der Waals surface area contributed by atoms with Gasteiger partial charge in [0.15, 0.2) is 6.10 Å². The van der Waals surface area contributed by atoms with Crippen molar-refractivity contribution in [2.24, 2.45) is 17.6 Å². The van der Waals surface area contributed by atoms with Gasteiger partial charge in [-0.25, -0.2) is 9.18 Å². The Kier molecular flexibility index (Phi) is 13.3. The minimum Gasteiger partial charge on any atom is -0.506 e. The molecule has 2 rings (SSSR count). The molecule has 0 aromatic heterocycles. The third-order valence-corrected chi connectivity index (χ3v) is 7.23. The number of alkyl halides is 1. The van der Waals surface area contributed by atoms with Crippen molar-refractivity contribution in [3.8, 4) is 11.5 Å². The number of nitrogens with two attached hydrogens (primary N) is 1. The van der Waals surface area contributed by atoms with E-state index in [0.29, 0.717) is 12.0 Å². The largest absolute Gasteiger partial charge is 0.506 e. The quantitative estimate of drug-likeness (QED) is 0.162. The highest BCUT2D eigenvalue weighted by Crippen LogP contribution is 2.42. The number of rotatable bonds is 6. The van der Waals surface area contributed by atoms with Gasteiger partial charge in [-0.15, -0.1) is 0 Å². The van der Waals surface area contributed by atoms with Gasteiger partial charge in [-0.3, -0.25) is 4.79 Å². The molecule has 11 nitrogen and oxygen atoms in total. The number of fused-ring (bicyclic) bond motifs is 2.